The van der Waals surface area contributed by atoms with Crippen LogP contribution in [0.1, 0.15) is 87.0 Å². The van der Waals surface area contributed by atoms with Crippen molar-refractivity contribution in [1.29, 1.82) is 0 Å². The minimum absolute atomic E-state index is 0.0123. The summed E-state index contributed by atoms with van der Waals surface area (Å²) in [6, 6.07) is -4.11. The van der Waals surface area contributed by atoms with E-state index in [4.69, 9.17) is 0 Å². The standard InChI is InChI=1S/C33H53N5O6/c1-9-15-34-30(42)27(40)23(17-20-10-11-20)35-29(41)25-22(18(2)3)14-16-38(25)31(43)28(33(6,7)8)37-32(44)36-24(19(4)5)26(39)21-12-13-21/h9,18-25,28H,1,10-17H2,2-8H3,(H,34,42)(H,35,41)(H2,36,37,44)/t22?,23?,24-,25-,28+/m0/s1. The molecule has 1 heterocycles. The molecule has 1 aliphatic heterocycles. The quantitative estimate of drug-likeness (QED) is 0.164. The zero-order chi connectivity index (χ0) is 32.9. The maximum absolute atomic E-state index is 14.2. The molecule has 2 unspecified atom stereocenters. The number of nitrogens with one attached hydrogen (secondary N) is 4. The van der Waals surface area contributed by atoms with E-state index in [9.17, 15) is 28.8 Å². The van der Waals surface area contributed by atoms with Crippen LogP contribution in [0.5, 0.6) is 0 Å². The van der Waals surface area contributed by atoms with Crippen molar-refractivity contribution in [3.63, 3.8) is 0 Å². The number of ketones is 2. The topological polar surface area (TPSA) is 154 Å². The third-order valence-electron chi connectivity index (χ3n) is 9.01. The van der Waals surface area contributed by atoms with Crippen molar-refractivity contribution in [2.75, 3.05) is 13.1 Å². The molecule has 44 heavy (non-hydrogen) atoms. The van der Waals surface area contributed by atoms with Crippen molar-refractivity contribution < 1.29 is 28.8 Å². The molecular formula is C33H53N5O6. The highest BCUT2D eigenvalue weighted by atomic mass is 16.2. The van der Waals surface area contributed by atoms with Crippen LogP contribution in [0.2, 0.25) is 0 Å². The van der Waals surface area contributed by atoms with Crippen LogP contribution < -0.4 is 21.3 Å². The predicted octanol–water partition coefficient (Wildman–Crippen LogP) is 2.73. The molecule has 3 rings (SSSR count). The fourth-order valence-corrected chi connectivity index (χ4v) is 6.00. The first-order valence-corrected chi connectivity index (χ1v) is 16.2. The van der Waals surface area contributed by atoms with Crippen LogP contribution in [0.25, 0.3) is 0 Å². The summed E-state index contributed by atoms with van der Waals surface area (Å²) < 4.78 is 0. The first kappa shape index (κ1) is 35.2. The van der Waals surface area contributed by atoms with Crippen LogP contribution >= 0.6 is 0 Å². The van der Waals surface area contributed by atoms with E-state index in [1.54, 1.807) is 0 Å². The number of nitrogens with zero attached hydrogens (tertiary/aromatic N) is 1. The van der Waals surface area contributed by atoms with E-state index < -0.39 is 59.1 Å². The summed E-state index contributed by atoms with van der Waals surface area (Å²) >= 11 is 0. The van der Waals surface area contributed by atoms with Gasteiger partial charge in [-0.3, -0.25) is 24.0 Å². The number of hydrogen-bond acceptors (Lipinski definition) is 6. The summed E-state index contributed by atoms with van der Waals surface area (Å²) in [5, 5.41) is 11.0. The molecule has 5 amide bonds. The molecule has 0 radical (unpaired) electrons. The number of urea groups is 1. The first-order valence-electron chi connectivity index (χ1n) is 16.2. The number of Topliss-reactive ketones (excluding diaryl/α,β-unsaturated/α-hetero) is 2. The maximum atomic E-state index is 14.2. The van der Waals surface area contributed by atoms with E-state index in [0.717, 1.165) is 25.7 Å². The number of carbonyl (C=O) groups excluding carboxylic acids is 6. The van der Waals surface area contributed by atoms with Crippen molar-refractivity contribution >= 4 is 35.3 Å². The molecule has 2 saturated carbocycles. The molecule has 0 aromatic carbocycles. The van der Waals surface area contributed by atoms with Crippen LogP contribution in [0.15, 0.2) is 12.7 Å². The van der Waals surface area contributed by atoms with Crippen LogP contribution in [0, 0.1) is 35.0 Å². The van der Waals surface area contributed by atoms with Crippen molar-refractivity contribution in [1.82, 2.24) is 26.2 Å². The van der Waals surface area contributed by atoms with Gasteiger partial charge in [0.25, 0.3) is 5.91 Å². The fraction of sp³-hybridized carbons (Fsp3) is 0.758. The van der Waals surface area contributed by atoms with Gasteiger partial charge in [0.15, 0.2) is 5.78 Å². The minimum Gasteiger partial charge on any atom is -0.346 e. The second-order valence-electron chi connectivity index (χ2n) is 14.6. The van der Waals surface area contributed by atoms with Gasteiger partial charge in [-0.15, -0.1) is 6.58 Å². The zero-order valence-electron chi connectivity index (χ0n) is 27.5. The average molecular weight is 616 g/mol. The smallest absolute Gasteiger partial charge is 0.316 e. The Kier molecular flexibility index (Phi) is 11.8. The Bertz CT molecular complexity index is 1120. The Morgan fingerprint density at radius 3 is 2.05 bits per heavy atom. The maximum Gasteiger partial charge on any atom is 0.316 e. The third kappa shape index (κ3) is 9.14. The Morgan fingerprint density at radius 1 is 0.909 bits per heavy atom. The summed E-state index contributed by atoms with van der Waals surface area (Å²) in [6.45, 7) is 17.2. The molecule has 5 atom stereocenters. The molecule has 3 aliphatic rings. The van der Waals surface area contributed by atoms with E-state index >= 15 is 0 Å². The second-order valence-corrected chi connectivity index (χ2v) is 14.6. The van der Waals surface area contributed by atoms with Gasteiger partial charge in [-0.25, -0.2) is 4.79 Å². The molecule has 3 fully saturated rings. The molecule has 0 aromatic rings. The lowest BCUT2D eigenvalue weighted by molar-refractivity contribution is -0.144. The van der Waals surface area contributed by atoms with Crippen LogP contribution in [0.3, 0.4) is 0 Å². The molecule has 0 aromatic heterocycles. The van der Waals surface area contributed by atoms with Gasteiger partial charge in [-0.1, -0.05) is 67.4 Å². The van der Waals surface area contributed by atoms with E-state index in [0.29, 0.717) is 19.4 Å². The van der Waals surface area contributed by atoms with Crippen molar-refractivity contribution in [2.45, 2.75) is 111 Å². The predicted molar refractivity (Wildman–Crippen MR) is 167 cm³/mol. The largest absolute Gasteiger partial charge is 0.346 e. The van der Waals surface area contributed by atoms with Gasteiger partial charge in [0.1, 0.15) is 12.1 Å². The minimum atomic E-state index is -0.996. The normalized spacial score (nSPS) is 22.2. The highest BCUT2D eigenvalue weighted by Crippen LogP contribution is 2.36. The molecule has 246 valence electrons. The molecule has 2 aliphatic carbocycles. The highest BCUT2D eigenvalue weighted by molar-refractivity contribution is 6.38. The van der Waals surface area contributed by atoms with Gasteiger partial charge in [-0.05, 0) is 54.8 Å². The Morgan fingerprint density at radius 2 is 1.55 bits per heavy atom. The summed E-state index contributed by atoms with van der Waals surface area (Å²) in [6.07, 6.45) is 5.94. The number of hydrogen-bond donors (Lipinski definition) is 4. The van der Waals surface area contributed by atoms with Gasteiger partial charge in [0, 0.05) is 19.0 Å². The Hall–Kier alpha value is -3.24. The van der Waals surface area contributed by atoms with Gasteiger partial charge in [0.05, 0.1) is 12.1 Å². The molecular weight excluding hydrogens is 562 g/mol. The molecule has 4 N–H and O–H groups in total. The molecule has 11 heteroatoms. The SMILES string of the molecule is C=CCNC(=O)C(=O)C(CC1CC1)NC(=O)[C@@H]1C(C(C)C)CCN1C(=O)[C@@H](NC(=O)N[C@H](C(=O)C1CC1)C(C)C)C(C)(C)C. The van der Waals surface area contributed by atoms with Crippen LogP contribution in [-0.2, 0) is 24.0 Å². The monoisotopic (exact) mass is 615 g/mol. The number of likely N-dealkylation sites (tertiary alicyclic amines) is 1. The summed E-state index contributed by atoms with van der Waals surface area (Å²) in [4.78, 5) is 81.3. The van der Waals surface area contributed by atoms with Crippen LogP contribution in [0.4, 0.5) is 4.79 Å². The first-order chi connectivity index (χ1) is 20.6. The highest BCUT2D eigenvalue weighted by Gasteiger charge is 2.48. The summed E-state index contributed by atoms with van der Waals surface area (Å²) in [5.74, 6) is -2.36. The van der Waals surface area contributed by atoms with Crippen LogP contribution in [-0.4, -0.2) is 77.5 Å². The molecule has 0 spiro atoms. The van der Waals surface area contributed by atoms with Crippen molar-refractivity contribution in [3.8, 4) is 0 Å². The number of carbonyl (C=O) groups is 6. The third-order valence-corrected chi connectivity index (χ3v) is 9.01. The van der Waals surface area contributed by atoms with E-state index in [1.807, 2.05) is 48.5 Å². The Labute approximate surface area is 262 Å². The van der Waals surface area contributed by atoms with Gasteiger partial charge >= 0.3 is 6.03 Å². The molecule has 0 bridgehead atoms. The number of rotatable bonds is 15. The number of amides is 5. The zero-order valence-corrected chi connectivity index (χ0v) is 27.5. The lowest BCUT2D eigenvalue weighted by atomic mass is 9.84. The van der Waals surface area contributed by atoms with Crippen molar-refractivity contribution in [3.05, 3.63) is 12.7 Å². The molecule has 1 saturated heterocycles. The van der Waals surface area contributed by atoms with E-state index in [2.05, 4.69) is 27.8 Å². The lowest BCUT2D eigenvalue weighted by Crippen LogP contribution is -2.62. The second kappa shape index (κ2) is 14.7. The summed E-state index contributed by atoms with van der Waals surface area (Å²) in [7, 11) is 0. The van der Waals surface area contributed by atoms with Crippen molar-refractivity contribution in [2.24, 2.45) is 35.0 Å². The van der Waals surface area contributed by atoms with Gasteiger partial charge < -0.3 is 26.2 Å². The van der Waals surface area contributed by atoms with E-state index in [-0.39, 0.29) is 41.9 Å². The lowest BCUT2D eigenvalue weighted by Gasteiger charge is -2.37. The van der Waals surface area contributed by atoms with Gasteiger partial charge in [-0.2, -0.15) is 0 Å². The molecule has 11 nitrogen and oxygen atoms in total. The fourth-order valence-electron chi connectivity index (χ4n) is 6.00. The average Bonchev–Trinajstić information content (AvgIpc) is 3.89. The summed E-state index contributed by atoms with van der Waals surface area (Å²) in [5.41, 5.74) is -0.715. The van der Waals surface area contributed by atoms with Gasteiger partial charge in [0.2, 0.25) is 17.6 Å². The Balaban J connectivity index is 1.81. The van der Waals surface area contributed by atoms with E-state index in [1.165, 1.54) is 11.0 Å².